The summed E-state index contributed by atoms with van der Waals surface area (Å²) >= 11 is 0. The first kappa shape index (κ1) is 26.8. The van der Waals surface area contributed by atoms with Crippen LogP contribution in [0, 0.1) is 0 Å². The second-order valence-electron chi connectivity index (χ2n) is 7.78. The van der Waals surface area contributed by atoms with Crippen molar-refractivity contribution < 1.29 is 9.47 Å². The van der Waals surface area contributed by atoms with E-state index in [1.807, 2.05) is 18.2 Å². The molecule has 33 heavy (non-hydrogen) atoms. The Hall–Kier alpha value is -2.49. The number of aromatic nitrogens is 3. The van der Waals surface area contributed by atoms with E-state index in [4.69, 9.17) is 15.2 Å². The van der Waals surface area contributed by atoms with Crippen molar-refractivity contribution in [2.24, 2.45) is 5.73 Å². The van der Waals surface area contributed by atoms with Crippen LogP contribution in [0.25, 0.3) is 0 Å². The van der Waals surface area contributed by atoms with Gasteiger partial charge in [-0.1, -0.05) is 69.4 Å². The van der Waals surface area contributed by atoms with Gasteiger partial charge in [0.25, 0.3) is 0 Å². The Bertz CT molecular complexity index is 734. The average molecular weight is 460 g/mol. The Morgan fingerprint density at radius 2 is 1.30 bits per heavy atom. The number of anilines is 3. The molecule has 5 N–H and O–H groups in total. The van der Waals surface area contributed by atoms with E-state index in [2.05, 4.69) is 50.0 Å². The molecule has 0 atom stereocenters. The largest absolute Gasteiger partial charge is 0.378 e. The number of rotatable bonds is 20. The minimum atomic E-state index is 0.522. The first-order valence-electron chi connectivity index (χ1n) is 12.2. The Labute approximate surface area is 198 Å². The van der Waals surface area contributed by atoms with Crippen LogP contribution in [0.1, 0.15) is 51.0 Å². The molecule has 1 aromatic carbocycles. The second-order valence-corrected chi connectivity index (χ2v) is 7.78. The zero-order valence-corrected chi connectivity index (χ0v) is 20.0. The van der Waals surface area contributed by atoms with E-state index < -0.39 is 0 Å². The molecule has 1 aromatic heterocycles. The number of nitrogens with two attached hydrogens (primary N) is 1. The van der Waals surface area contributed by atoms with Gasteiger partial charge < -0.3 is 31.2 Å². The SMILES string of the molecule is CCCCCCCCNc1nc(NCCOCCOCCN)nc(NCc2ccccc2)n1. The number of hydrogen-bond acceptors (Lipinski definition) is 9. The van der Waals surface area contributed by atoms with Gasteiger partial charge >= 0.3 is 0 Å². The number of ether oxygens (including phenoxy) is 2. The third kappa shape index (κ3) is 13.0. The van der Waals surface area contributed by atoms with Crippen LogP contribution in [0.4, 0.5) is 17.8 Å². The lowest BCUT2D eigenvalue weighted by Gasteiger charge is -2.12. The van der Waals surface area contributed by atoms with Crippen molar-refractivity contribution in [3.63, 3.8) is 0 Å². The molecule has 0 fully saturated rings. The Morgan fingerprint density at radius 3 is 2.00 bits per heavy atom. The molecule has 0 saturated carbocycles. The summed E-state index contributed by atoms with van der Waals surface area (Å²) in [5.74, 6) is 1.64. The zero-order chi connectivity index (χ0) is 23.4. The number of nitrogens with one attached hydrogen (secondary N) is 3. The van der Waals surface area contributed by atoms with Crippen LogP contribution >= 0.6 is 0 Å². The van der Waals surface area contributed by atoms with E-state index in [9.17, 15) is 0 Å². The quantitative estimate of drug-likeness (QED) is 0.220. The first-order valence-corrected chi connectivity index (χ1v) is 12.2. The van der Waals surface area contributed by atoms with Crippen LogP contribution in [0.15, 0.2) is 30.3 Å². The Kier molecular flexibility index (Phi) is 14.6. The van der Waals surface area contributed by atoms with Crippen molar-refractivity contribution in [3.8, 4) is 0 Å². The van der Waals surface area contributed by atoms with Gasteiger partial charge in [0.2, 0.25) is 17.8 Å². The molecule has 0 aliphatic rings. The van der Waals surface area contributed by atoms with Crippen molar-refractivity contribution >= 4 is 17.8 Å². The number of hydrogen-bond donors (Lipinski definition) is 4. The smallest absolute Gasteiger partial charge is 0.229 e. The molecule has 0 saturated heterocycles. The fourth-order valence-electron chi connectivity index (χ4n) is 3.14. The topological polar surface area (TPSA) is 119 Å². The molecule has 2 rings (SSSR count). The summed E-state index contributed by atoms with van der Waals surface area (Å²) in [4.78, 5) is 13.6. The highest BCUT2D eigenvalue weighted by Gasteiger charge is 2.07. The third-order valence-electron chi connectivity index (χ3n) is 4.91. The van der Waals surface area contributed by atoms with E-state index >= 15 is 0 Å². The number of benzene rings is 1. The van der Waals surface area contributed by atoms with Crippen molar-refractivity contribution in [1.29, 1.82) is 0 Å². The predicted octanol–water partition coefficient (Wildman–Crippen LogP) is 3.66. The van der Waals surface area contributed by atoms with Gasteiger partial charge in [-0.15, -0.1) is 0 Å². The van der Waals surface area contributed by atoms with Gasteiger partial charge in [0, 0.05) is 26.2 Å². The molecule has 1 heterocycles. The molecule has 0 radical (unpaired) electrons. The highest BCUT2D eigenvalue weighted by Crippen LogP contribution is 2.12. The van der Waals surface area contributed by atoms with Gasteiger partial charge in [0.15, 0.2) is 0 Å². The van der Waals surface area contributed by atoms with Crippen molar-refractivity contribution in [2.45, 2.75) is 52.0 Å². The number of nitrogens with zero attached hydrogens (tertiary/aromatic N) is 3. The lowest BCUT2D eigenvalue weighted by atomic mass is 10.1. The Balaban J connectivity index is 1.82. The van der Waals surface area contributed by atoms with Gasteiger partial charge in [-0.3, -0.25) is 0 Å². The maximum atomic E-state index is 5.56. The summed E-state index contributed by atoms with van der Waals surface area (Å²) in [6.45, 7) is 7.02. The highest BCUT2D eigenvalue weighted by molar-refractivity contribution is 5.42. The fourth-order valence-corrected chi connectivity index (χ4v) is 3.14. The van der Waals surface area contributed by atoms with Gasteiger partial charge in [-0.05, 0) is 12.0 Å². The summed E-state index contributed by atoms with van der Waals surface area (Å²) in [6.07, 6.45) is 7.49. The monoisotopic (exact) mass is 459 g/mol. The van der Waals surface area contributed by atoms with Crippen LogP contribution < -0.4 is 21.7 Å². The van der Waals surface area contributed by atoms with E-state index in [-0.39, 0.29) is 0 Å². The van der Waals surface area contributed by atoms with Crippen LogP contribution in [0.2, 0.25) is 0 Å². The normalized spacial score (nSPS) is 10.8. The molecule has 0 bridgehead atoms. The molecule has 184 valence electrons. The lowest BCUT2D eigenvalue weighted by Crippen LogP contribution is -2.17. The van der Waals surface area contributed by atoms with E-state index in [1.54, 1.807) is 0 Å². The average Bonchev–Trinajstić information content (AvgIpc) is 2.84. The summed E-state index contributed by atoms with van der Waals surface area (Å²) in [5.41, 5.74) is 6.56. The molecule has 0 aliphatic carbocycles. The highest BCUT2D eigenvalue weighted by atomic mass is 16.5. The van der Waals surface area contributed by atoms with Crippen LogP contribution in [-0.2, 0) is 16.0 Å². The molecule has 0 spiro atoms. The summed E-state index contributed by atoms with van der Waals surface area (Å²) in [6, 6.07) is 10.2. The zero-order valence-electron chi connectivity index (χ0n) is 20.0. The van der Waals surface area contributed by atoms with Gasteiger partial charge in [0.1, 0.15) is 0 Å². The fraction of sp³-hybridized carbons (Fsp3) is 0.625. The van der Waals surface area contributed by atoms with Gasteiger partial charge in [-0.2, -0.15) is 15.0 Å². The van der Waals surface area contributed by atoms with E-state index in [1.165, 1.54) is 37.7 Å². The summed E-state index contributed by atoms with van der Waals surface area (Å²) < 4.78 is 10.9. The van der Waals surface area contributed by atoms with Crippen molar-refractivity contribution in [3.05, 3.63) is 35.9 Å². The lowest BCUT2D eigenvalue weighted by molar-refractivity contribution is 0.0547. The van der Waals surface area contributed by atoms with Gasteiger partial charge in [0.05, 0.1) is 26.4 Å². The molecule has 0 unspecified atom stereocenters. The molecule has 9 nitrogen and oxygen atoms in total. The molecule has 0 amide bonds. The molecule has 2 aromatic rings. The Morgan fingerprint density at radius 1 is 0.697 bits per heavy atom. The van der Waals surface area contributed by atoms with Crippen molar-refractivity contribution in [1.82, 2.24) is 15.0 Å². The minimum Gasteiger partial charge on any atom is -0.378 e. The first-order chi connectivity index (χ1) is 16.3. The summed E-state index contributed by atoms with van der Waals surface area (Å²) in [7, 11) is 0. The second kappa shape index (κ2) is 18.0. The summed E-state index contributed by atoms with van der Waals surface area (Å²) in [5, 5.41) is 9.86. The van der Waals surface area contributed by atoms with E-state index in [0.29, 0.717) is 63.9 Å². The van der Waals surface area contributed by atoms with Gasteiger partial charge in [-0.25, -0.2) is 0 Å². The van der Waals surface area contributed by atoms with E-state index in [0.717, 1.165) is 13.0 Å². The maximum absolute atomic E-state index is 5.56. The molecular formula is C24H41N7O2. The molecular weight excluding hydrogens is 418 g/mol. The predicted molar refractivity (Wildman–Crippen MR) is 135 cm³/mol. The van der Waals surface area contributed by atoms with Crippen LogP contribution in [0.3, 0.4) is 0 Å². The van der Waals surface area contributed by atoms with Crippen LogP contribution in [-0.4, -0.2) is 61.0 Å². The molecule has 9 heteroatoms. The third-order valence-corrected chi connectivity index (χ3v) is 4.91. The minimum absolute atomic E-state index is 0.522. The van der Waals surface area contributed by atoms with Crippen molar-refractivity contribution in [2.75, 3.05) is 62.0 Å². The number of unbranched alkanes of at least 4 members (excludes halogenated alkanes) is 5. The molecule has 0 aliphatic heterocycles. The maximum Gasteiger partial charge on any atom is 0.229 e. The standard InChI is InChI=1S/C24H41N7O2/c1-2-3-4-5-6-10-14-26-22-29-23(27-15-17-33-19-18-32-16-13-25)31-24(30-22)28-20-21-11-8-7-9-12-21/h7-9,11-12H,2-6,10,13-20,25H2,1H3,(H3,26,27,28,29,30,31). The van der Waals surface area contributed by atoms with Crippen LogP contribution in [0.5, 0.6) is 0 Å².